The summed E-state index contributed by atoms with van der Waals surface area (Å²) < 4.78 is 27.2. The lowest BCUT2D eigenvalue weighted by Gasteiger charge is -2.24. The van der Waals surface area contributed by atoms with E-state index >= 15 is 0 Å². The molecule has 0 saturated heterocycles. The van der Waals surface area contributed by atoms with Gasteiger partial charge in [0.2, 0.25) is 11.8 Å². The molecule has 0 bridgehead atoms. The minimum atomic E-state index is -0.923. The van der Waals surface area contributed by atoms with Gasteiger partial charge in [-0.15, -0.1) is 12.4 Å². The van der Waals surface area contributed by atoms with Gasteiger partial charge in [0.1, 0.15) is 23.4 Å². The molecule has 2 amide bonds. The molecule has 0 heterocycles. The summed E-state index contributed by atoms with van der Waals surface area (Å²) in [4.78, 5) is 25.9. The van der Waals surface area contributed by atoms with Gasteiger partial charge in [0.05, 0.1) is 6.54 Å². The van der Waals surface area contributed by atoms with Crippen LogP contribution in [0.1, 0.15) is 24.1 Å². The fraction of sp³-hybridized carbons (Fsp3) is 0.263. The Morgan fingerprint density at radius 1 is 1.11 bits per heavy atom. The number of hydrogen-bond acceptors (Lipinski definition) is 3. The Kier molecular flexibility index (Phi) is 8.33. The van der Waals surface area contributed by atoms with Crippen molar-refractivity contribution in [2.45, 2.75) is 19.9 Å². The molecule has 0 aliphatic heterocycles. The van der Waals surface area contributed by atoms with E-state index in [1.807, 2.05) is 19.1 Å². The Bertz CT molecular complexity index is 780. The lowest BCUT2D eigenvalue weighted by atomic mass is 10.0. The van der Waals surface area contributed by atoms with Crippen LogP contribution in [0.25, 0.3) is 0 Å². The number of benzene rings is 2. The van der Waals surface area contributed by atoms with Crippen molar-refractivity contribution in [1.29, 1.82) is 0 Å². The van der Waals surface area contributed by atoms with Crippen LogP contribution in [0.4, 0.5) is 14.5 Å². The predicted octanol–water partition coefficient (Wildman–Crippen LogP) is 3.18. The monoisotopic (exact) mass is 397 g/mol. The van der Waals surface area contributed by atoms with Crippen LogP contribution >= 0.6 is 12.4 Å². The summed E-state index contributed by atoms with van der Waals surface area (Å²) in [7, 11) is 0. The minimum absolute atomic E-state index is 0. The Balaban J connectivity index is 0.00000364. The number of nitrogens with one attached hydrogen (secondary N) is 1. The maximum atomic E-state index is 13.6. The van der Waals surface area contributed by atoms with Gasteiger partial charge in [-0.25, -0.2) is 8.78 Å². The molecule has 0 fully saturated rings. The number of para-hydroxylation sites is 1. The first-order valence-electron chi connectivity index (χ1n) is 8.18. The summed E-state index contributed by atoms with van der Waals surface area (Å²) in [5, 5.41) is 2.16. The van der Waals surface area contributed by atoms with Crippen LogP contribution < -0.4 is 11.1 Å². The topological polar surface area (TPSA) is 75.4 Å². The van der Waals surface area contributed by atoms with Gasteiger partial charge in [-0.3, -0.25) is 9.59 Å². The van der Waals surface area contributed by atoms with Gasteiger partial charge in [-0.05, 0) is 31.5 Å². The first-order chi connectivity index (χ1) is 12.3. The molecule has 2 rings (SSSR count). The summed E-state index contributed by atoms with van der Waals surface area (Å²) in [6.07, 6.45) is 0. The number of hydrogen-bond donors (Lipinski definition) is 2. The smallest absolute Gasteiger partial charge is 0.244 e. The summed E-state index contributed by atoms with van der Waals surface area (Å²) >= 11 is 0. The third-order valence-electron chi connectivity index (χ3n) is 3.96. The summed E-state index contributed by atoms with van der Waals surface area (Å²) in [6, 6.07) is 9.53. The zero-order chi connectivity index (χ0) is 19.3. The van der Waals surface area contributed by atoms with Crippen LogP contribution in [0.2, 0.25) is 0 Å². The van der Waals surface area contributed by atoms with Crippen LogP contribution in [0, 0.1) is 18.6 Å². The Hall–Kier alpha value is -2.51. The van der Waals surface area contributed by atoms with Crippen molar-refractivity contribution in [2.75, 3.05) is 18.4 Å². The number of halogens is 3. The van der Waals surface area contributed by atoms with Crippen molar-refractivity contribution >= 4 is 29.9 Å². The van der Waals surface area contributed by atoms with Crippen LogP contribution in [-0.2, 0) is 9.59 Å². The van der Waals surface area contributed by atoms with E-state index in [2.05, 4.69) is 5.32 Å². The van der Waals surface area contributed by atoms with Crippen molar-refractivity contribution in [1.82, 2.24) is 4.90 Å². The molecule has 5 nitrogen and oxygen atoms in total. The second-order valence-corrected chi connectivity index (χ2v) is 5.89. The van der Waals surface area contributed by atoms with E-state index in [-0.39, 0.29) is 25.5 Å². The molecule has 1 unspecified atom stereocenters. The fourth-order valence-electron chi connectivity index (χ4n) is 2.43. The fourth-order valence-corrected chi connectivity index (χ4v) is 2.43. The first kappa shape index (κ1) is 22.5. The van der Waals surface area contributed by atoms with E-state index in [1.54, 1.807) is 19.1 Å². The number of rotatable bonds is 6. The minimum Gasteiger partial charge on any atom is -0.332 e. The molecule has 0 spiro atoms. The SMILES string of the molecule is CCN(CC(=O)Nc1c(F)cccc1F)C(=O)C(N)c1ccc(C)cc1.Cl. The molecule has 27 heavy (non-hydrogen) atoms. The molecule has 8 heteroatoms. The number of carbonyl (C=O) groups is 2. The van der Waals surface area contributed by atoms with Crippen molar-refractivity contribution in [3.63, 3.8) is 0 Å². The lowest BCUT2D eigenvalue weighted by molar-refractivity contribution is -0.135. The van der Waals surface area contributed by atoms with Crippen LogP contribution in [0.3, 0.4) is 0 Å². The maximum absolute atomic E-state index is 13.6. The molecule has 0 saturated carbocycles. The van der Waals surface area contributed by atoms with E-state index in [1.165, 1.54) is 11.0 Å². The second kappa shape index (κ2) is 9.99. The van der Waals surface area contributed by atoms with Gasteiger partial charge in [0.15, 0.2) is 0 Å². The molecule has 0 aromatic heterocycles. The summed E-state index contributed by atoms with van der Waals surface area (Å²) in [6.45, 7) is 3.48. The molecular formula is C19H22ClF2N3O2. The van der Waals surface area contributed by atoms with Crippen molar-refractivity contribution < 1.29 is 18.4 Å². The number of amides is 2. The normalized spacial score (nSPS) is 11.3. The molecule has 0 aliphatic rings. The van der Waals surface area contributed by atoms with Gasteiger partial charge in [-0.2, -0.15) is 0 Å². The molecule has 2 aromatic rings. The largest absolute Gasteiger partial charge is 0.332 e. The van der Waals surface area contributed by atoms with Crippen molar-refractivity contribution in [3.8, 4) is 0 Å². The number of carbonyl (C=O) groups excluding carboxylic acids is 2. The Labute approximate surface area is 162 Å². The highest BCUT2D eigenvalue weighted by Gasteiger charge is 2.24. The van der Waals surface area contributed by atoms with E-state index in [4.69, 9.17) is 5.73 Å². The van der Waals surface area contributed by atoms with Gasteiger partial charge >= 0.3 is 0 Å². The highest BCUT2D eigenvalue weighted by Crippen LogP contribution is 2.18. The molecular weight excluding hydrogens is 376 g/mol. The van der Waals surface area contributed by atoms with E-state index in [0.29, 0.717) is 5.56 Å². The number of likely N-dealkylation sites (N-methyl/N-ethyl adjacent to an activating group) is 1. The van der Waals surface area contributed by atoms with Gasteiger partial charge < -0.3 is 16.0 Å². The quantitative estimate of drug-likeness (QED) is 0.786. The third kappa shape index (κ3) is 5.74. The zero-order valence-corrected chi connectivity index (χ0v) is 15.9. The Morgan fingerprint density at radius 3 is 2.19 bits per heavy atom. The van der Waals surface area contributed by atoms with Gasteiger partial charge in [-0.1, -0.05) is 35.9 Å². The standard InChI is InChI=1S/C19H21F2N3O2.ClH/c1-3-24(19(26)17(22)13-9-7-12(2)8-10-13)11-16(25)23-18-14(20)5-4-6-15(18)21;/h4-10,17H,3,11,22H2,1-2H3,(H,23,25);1H. The van der Waals surface area contributed by atoms with Crippen molar-refractivity contribution in [3.05, 3.63) is 65.2 Å². The average molecular weight is 398 g/mol. The van der Waals surface area contributed by atoms with E-state index < -0.39 is 35.2 Å². The zero-order valence-electron chi connectivity index (χ0n) is 15.0. The van der Waals surface area contributed by atoms with Crippen molar-refractivity contribution in [2.24, 2.45) is 5.73 Å². The highest BCUT2D eigenvalue weighted by molar-refractivity contribution is 5.95. The molecule has 1 atom stereocenters. The number of nitrogens with two attached hydrogens (primary N) is 1. The Morgan fingerprint density at radius 2 is 1.67 bits per heavy atom. The summed E-state index contributed by atoms with van der Waals surface area (Å²) in [5.41, 5.74) is 7.12. The molecule has 0 aliphatic carbocycles. The third-order valence-corrected chi connectivity index (χ3v) is 3.96. The second-order valence-electron chi connectivity index (χ2n) is 5.89. The summed E-state index contributed by atoms with van der Waals surface area (Å²) in [5.74, 6) is -2.92. The average Bonchev–Trinajstić information content (AvgIpc) is 2.62. The molecule has 2 aromatic carbocycles. The maximum Gasteiger partial charge on any atom is 0.244 e. The number of anilines is 1. The first-order valence-corrected chi connectivity index (χ1v) is 8.18. The van der Waals surface area contributed by atoms with Crippen LogP contribution in [0.15, 0.2) is 42.5 Å². The van der Waals surface area contributed by atoms with Gasteiger partial charge in [0, 0.05) is 6.54 Å². The lowest BCUT2D eigenvalue weighted by Crippen LogP contribution is -2.42. The van der Waals surface area contributed by atoms with Crippen LogP contribution in [-0.4, -0.2) is 29.8 Å². The molecule has 0 radical (unpaired) electrons. The molecule has 146 valence electrons. The van der Waals surface area contributed by atoms with E-state index in [0.717, 1.165) is 17.7 Å². The van der Waals surface area contributed by atoms with Crippen LogP contribution in [0.5, 0.6) is 0 Å². The van der Waals surface area contributed by atoms with Gasteiger partial charge in [0.25, 0.3) is 0 Å². The highest BCUT2D eigenvalue weighted by atomic mass is 35.5. The number of aryl methyl sites for hydroxylation is 1. The van der Waals surface area contributed by atoms with E-state index in [9.17, 15) is 18.4 Å². The number of nitrogens with zero attached hydrogens (tertiary/aromatic N) is 1. The molecule has 3 N–H and O–H groups in total. The predicted molar refractivity (Wildman–Crippen MR) is 103 cm³/mol.